The van der Waals surface area contributed by atoms with Gasteiger partial charge < -0.3 is 10.5 Å². The zero-order valence-electron chi connectivity index (χ0n) is 8.50. The third-order valence-electron chi connectivity index (χ3n) is 2.56. The molecule has 3 heteroatoms. The molecule has 1 fully saturated rings. The minimum Gasteiger partial charge on any atom is -0.378 e. The van der Waals surface area contributed by atoms with Gasteiger partial charge in [-0.25, -0.2) is 0 Å². The van der Waals surface area contributed by atoms with Crippen LogP contribution in [0.3, 0.4) is 0 Å². The fourth-order valence-electron chi connectivity index (χ4n) is 1.60. The Labute approximate surface area is 74.9 Å². The highest BCUT2D eigenvalue weighted by atomic mass is 16.5. The first kappa shape index (κ1) is 9.96. The Morgan fingerprint density at radius 1 is 1.33 bits per heavy atom. The largest absolute Gasteiger partial charge is 0.378 e. The van der Waals surface area contributed by atoms with Crippen LogP contribution >= 0.6 is 0 Å². The average molecular weight is 172 g/mol. The maximum atomic E-state index is 5.91. The molecule has 2 N–H and O–H groups in total. The Morgan fingerprint density at radius 3 is 2.17 bits per heavy atom. The van der Waals surface area contributed by atoms with Crippen LogP contribution in [-0.4, -0.2) is 42.8 Å². The van der Waals surface area contributed by atoms with E-state index in [0.29, 0.717) is 0 Å². The van der Waals surface area contributed by atoms with Crippen LogP contribution in [0.4, 0.5) is 0 Å². The second-order valence-corrected chi connectivity index (χ2v) is 4.51. The summed E-state index contributed by atoms with van der Waals surface area (Å²) in [5, 5.41) is 0. The molecule has 12 heavy (non-hydrogen) atoms. The van der Waals surface area contributed by atoms with Crippen LogP contribution in [0.25, 0.3) is 0 Å². The van der Waals surface area contributed by atoms with Gasteiger partial charge in [-0.05, 0) is 20.8 Å². The van der Waals surface area contributed by atoms with Crippen molar-refractivity contribution in [3.8, 4) is 0 Å². The van der Waals surface area contributed by atoms with Gasteiger partial charge in [-0.15, -0.1) is 0 Å². The number of rotatable bonds is 1. The molecule has 0 aromatic rings. The minimum absolute atomic E-state index is 0.175. The van der Waals surface area contributed by atoms with Crippen molar-refractivity contribution in [2.45, 2.75) is 38.5 Å². The quantitative estimate of drug-likeness (QED) is 0.624. The number of likely N-dealkylation sites (tertiary alicyclic amines) is 1. The number of hydrogen-bond donors (Lipinski definition) is 1. The predicted molar refractivity (Wildman–Crippen MR) is 50.1 cm³/mol. The molecule has 0 aromatic carbocycles. The van der Waals surface area contributed by atoms with E-state index in [-0.39, 0.29) is 17.7 Å². The molecule has 3 nitrogen and oxygen atoms in total. The van der Waals surface area contributed by atoms with Crippen LogP contribution in [0.5, 0.6) is 0 Å². The fraction of sp³-hybridized carbons (Fsp3) is 1.00. The Kier molecular flexibility index (Phi) is 2.76. The van der Waals surface area contributed by atoms with E-state index in [1.165, 1.54) is 0 Å². The second kappa shape index (κ2) is 3.32. The second-order valence-electron chi connectivity index (χ2n) is 4.51. The highest BCUT2D eigenvalue weighted by Crippen LogP contribution is 2.20. The molecular weight excluding hydrogens is 152 g/mol. The van der Waals surface area contributed by atoms with Crippen LogP contribution in [0, 0.1) is 0 Å². The molecule has 1 aliphatic heterocycles. The van der Waals surface area contributed by atoms with Gasteiger partial charge in [-0.2, -0.15) is 0 Å². The van der Waals surface area contributed by atoms with Crippen LogP contribution in [0.2, 0.25) is 0 Å². The molecular formula is C9H20N2O. The highest BCUT2D eigenvalue weighted by molar-refractivity contribution is 4.92. The summed E-state index contributed by atoms with van der Waals surface area (Å²) in [7, 11) is 1.73. The number of nitrogens with zero attached hydrogens (tertiary/aromatic N) is 1. The molecule has 2 atom stereocenters. The van der Waals surface area contributed by atoms with Gasteiger partial charge in [-0.1, -0.05) is 0 Å². The van der Waals surface area contributed by atoms with E-state index in [2.05, 4.69) is 25.7 Å². The lowest BCUT2D eigenvalue weighted by molar-refractivity contribution is 0.0838. The van der Waals surface area contributed by atoms with Crippen molar-refractivity contribution >= 4 is 0 Å². The summed E-state index contributed by atoms with van der Waals surface area (Å²) in [5.41, 5.74) is 6.12. The first-order valence-electron chi connectivity index (χ1n) is 4.48. The predicted octanol–water partition coefficient (Wildman–Crippen LogP) is 0.443. The monoisotopic (exact) mass is 172 g/mol. The third-order valence-corrected chi connectivity index (χ3v) is 2.56. The van der Waals surface area contributed by atoms with Gasteiger partial charge in [-0.3, -0.25) is 4.90 Å². The molecule has 0 bridgehead atoms. The van der Waals surface area contributed by atoms with Gasteiger partial charge in [0.25, 0.3) is 0 Å². The lowest BCUT2D eigenvalue weighted by atomic mass is 10.1. The van der Waals surface area contributed by atoms with Crippen molar-refractivity contribution in [2.24, 2.45) is 5.73 Å². The molecule has 0 aliphatic carbocycles. The van der Waals surface area contributed by atoms with Gasteiger partial charge in [0.1, 0.15) is 0 Å². The molecule has 72 valence electrons. The van der Waals surface area contributed by atoms with Gasteiger partial charge in [0.2, 0.25) is 0 Å². The zero-order chi connectivity index (χ0) is 9.35. The number of hydrogen-bond acceptors (Lipinski definition) is 3. The summed E-state index contributed by atoms with van der Waals surface area (Å²) in [6.07, 6.45) is 0.212. The number of ether oxygens (including phenoxy) is 1. The van der Waals surface area contributed by atoms with Gasteiger partial charge in [0.05, 0.1) is 6.10 Å². The van der Waals surface area contributed by atoms with Crippen molar-refractivity contribution in [3.63, 3.8) is 0 Å². The first-order valence-corrected chi connectivity index (χ1v) is 4.48. The van der Waals surface area contributed by atoms with Crippen LogP contribution < -0.4 is 5.73 Å². The Morgan fingerprint density at radius 2 is 1.92 bits per heavy atom. The summed E-state index contributed by atoms with van der Waals surface area (Å²) in [6, 6.07) is 0.175. The molecule has 1 saturated heterocycles. The summed E-state index contributed by atoms with van der Waals surface area (Å²) in [5.74, 6) is 0. The van der Waals surface area contributed by atoms with Gasteiger partial charge in [0, 0.05) is 31.8 Å². The number of nitrogens with two attached hydrogens (primary N) is 1. The molecule has 0 radical (unpaired) electrons. The van der Waals surface area contributed by atoms with Gasteiger partial charge in [0.15, 0.2) is 0 Å². The number of methoxy groups -OCH3 is 1. The smallest absolute Gasteiger partial charge is 0.0861 e. The lowest BCUT2D eigenvalue weighted by Crippen LogP contribution is -2.40. The van der Waals surface area contributed by atoms with Crippen molar-refractivity contribution in [1.29, 1.82) is 0 Å². The molecule has 0 saturated carbocycles. The Hall–Kier alpha value is -0.120. The molecule has 1 aliphatic rings. The maximum Gasteiger partial charge on any atom is 0.0861 e. The topological polar surface area (TPSA) is 38.5 Å². The standard InChI is InChI=1S/C9H20N2O/c1-9(2,3)11-5-7(10)8(6-11)12-4/h7-8H,5-6,10H2,1-4H3/t7-,8-/m0/s1. The van der Waals surface area contributed by atoms with Crippen LogP contribution in [0.1, 0.15) is 20.8 Å². The van der Waals surface area contributed by atoms with E-state index < -0.39 is 0 Å². The van der Waals surface area contributed by atoms with E-state index in [9.17, 15) is 0 Å². The van der Waals surface area contributed by atoms with E-state index in [1.54, 1.807) is 7.11 Å². The van der Waals surface area contributed by atoms with E-state index in [0.717, 1.165) is 13.1 Å². The molecule has 1 rings (SSSR count). The normalized spacial score (nSPS) is 32.8. The first-order chi connectivity index (χ1) is 5.45. The third kappa shape index (κ3) is 1.97. The maximum absolute atomic E-state index is 5.91. The molecule has 0 spiro atoms. The molecule has 0 amide bonds. The van der Waals surface area contributed by atoms with Crippen molar-refractivity contribution < 1.29 is 4.74 Å². The highest BCUT2D eigenvalue weighted by Gasteiger charge is 2.35. The van der Waals surface area contributed by atoms with E-state index >= 15 is 0 Å². The summed E-state index contributed by atoms with van der Waals surface area (Å²) >= 11 is 0. The van der Waals surface area contributed by atoms with Gasteiger partial charge >= 0.3 is 0 Å². The molecule has 0 aromatic heterocycles. The Balaban J connectivity index is 2.54. The van der Waals surface area contributed by atoms with E-state index in [4.69, 9.17) is 10.5 Å². The SMILES string of the molecule is CO[C@H]1CN(C(C)(C)C)C[C@@H]1N. The zero-order valence-corrected chi connectivity index (χ0v) is 8.50. The van der Waals surface area contributed by atoms with Crippen LogP contribution in [0.15, 0.2) is 0 Å². The summed E-state index contributed by atoms with van der Waals surface area (Å²) in [6.45, 7) is 8.52. The Bertz CT molecular complexity index is 153. The lowest BCUT2D eigenvalue weighted by Gasteiger charge is -2.31. The minimum atomic E-state index is 0.175. The van der Waals surface area contributed by atoms with Crippen molar-refractivity contribution in [3.05, 3.63) is 0 Å². The average Bonchev–Trinajstić information content (AvgIpc) is 2.29. The summed E-state index contributed by atoms with van der Waals surface area (Å²) < 4.78 is 5.28. The van der Waals surface area contributed by atoms with E-state index in [1.807, 2.05) is 0 Å². The van der Waals surface area contributed by atoms with Crippen LogP contribution in [-0.2, 0) is 4.74 Å². The van der Waals surface area contributed by atoms with Crippen molar-refractivity contribution in [1.82, 2.24) is 4.90 Å². The van der Waals surface area contributed by atoms with Crippen molar-refractivity contribution in [2.75, 3.05) is 20.2 Å². The summed E-state index contributed by atoms with van der Waals surface area (Å²) in [4.78, 5) is 2.37. The molecule has 0 unspecified atom stereocenters. The fourth-order valence-corrected chi connectivity index (χ4v) is 1.60. The molecule has 1 heterocycles.